The van der Waals surface area contributed by atoms with Crippen molar-refractivity contribution >= 4 is 5.97 Å². The van der Waals surface area contributed by atoms with Crippen LogP contribution in [0.5, 0.6) is 5.75 Å². The summed E-state index contributed by atoms with van der Waals surface area (Å²) in [5, 5.41) is 17.2. The molecule has 4 nitrogen and oxygen atoms in total. The van der Waals surface area contributed by atoms with Crippen LogP contribution in [0.1, 0.15) is 10.5 Å². The number of pyridine rings is 1. The van der Waals surface area contributed by atoms with Gasteiger partial charge < -0.3 is 10.2 Å². The smallest absolute Gasteiger partial charge is 0.358 e. The molecule has 0 bridgehead atoms. The van der Waals surface area contributed by atoms with E-state index in [0.29, 0.717) is 0 Å². The van der Waals surface area contributed by atoms with E-state index in [-0.39, 0.29) is 28.2 Å². The fourth-order valence-electron chi connectivity index (χ4n) is 0.562. The van der Waals surface area contributed by atoms with Crippen LogP contribution in [0.15, 0.2) is 18.3 Å². The third kappa shape index (κ3) is 2.21. The maximum absolute atomic E-state index is 10.2. The topological polar surface area (TPSA) is 70.4 Å². The Morgan fingerprint density at radius 1 is 1.55 bits per heavy atom. The number of carboxylic acid groups (broad SMARTS) is 1. The van der Waals surface area contributed by atoms with Crippen molar-refractivity contribution in [2.75, 3.05) is 0 Å². The number of aromatic carboxylic acids is 1. The SMILES string of the molecule is O=C(O)c1ncccc1O.[Co]. The van der Waals surface area contributed by atoms with Crippen LogP contribution in [0.4, 0.5) is 0 Å². The van der Waals surface area contributed by atoms with Gasteiger partial charge in [-0.25, -0.2) is 9.78 Å². The zero-order valence-corrected chi connectivity index (χ0v) is 6.36. The van der Waals surface area contributed by atoms with E-state index >= 15 is 0 Å². The Morgan fingerprint density at radius 2 is 2.18 bits per heavy atom. The summed E-state index contributed by atoms with van der Waals surface area (Å²) < 4.78 is 0. The second-order valence-corrected chi connectivity index (χ2v) is 1.68. The second-order valence-electron chi connectivity index (χ2n) is 1.68. The van der Waals surface area contributed by atoms with Gasteiger partial charge in [0.15, 0.2) is 5.69 Å². The molecule has 0 saturated carbocycles. The zero-order valence-electron chi connectivity index (χ0n) is 5.32. The number of hydrogen-bond acceptors (Lipinski definition) is 3. The molecule has 2 N–H and O–H groups in total. The van der Waals surface area contributed by atoms with Crippen LogP contribution >= 0.6 is 0 Å². The Kier molecular flexibility index (Phi) is 3.56. The molecule has 1 aromatic heterocycles. The summed E-state index contributed by atoms with van der Waals surface area (Å²) in [6, 6.07) is 2.73. The monoisotopic (exact) mass is 198 g/mol. The normalized spacial score (nSPS) is 8.36. The number of hydrogen-bond donors (Lipinski definition) is 2. The van der Waals surface area contributed by atoms with Crippen molar-refractivity contribution in [1.29, 1.82) is 0 Å². The summed E-state index contributed by atoms with van der Waals surface area (Å²) in [6.07, 6.45) is 1.31. The van der Waals surface area contributed by atoms with Gasteiger partial charge in [0.05, 0.1) is 0 Å². The van der Waals surface area contributed by atoms with E-state index in [9.17, 15) is 4.79 Å². The Morgan fingerprint density at radius 3 is 2.55 bits per heavy atom. The van der Waals surface area contributed by atoms with Crippen LogP contribution in [0, 0.1) is 0 Å². The summed E-state index contributed by atoms with van der Waals surface area (Å²) in [5.74, 6) is -1.53. The summed E-state index contributed by atoms with van der Waals surface area (Å²) in [6.45, 7) is 0. The van der Waals surface area contributed by atoms with E-state index in [1.54, 1.807) is 0 Å². The van der Waals surface area contributed by atoms with Gasteiger partial charge in [0, 0.05) is 23.0 Å². The molecule has 0 aliphatic rings. The molecule has 61 valence electrons. The first kappa shape index (κ1) is 9.93. The predicted molar refractivity (Wildman–Crippen MR) is 32.9 cm³/mol. The molecule has 0 unspecified atom stereocenters. The predicted octanol–water partition coefficient (Wildman–Crippen LogP) is 0.483. The standard InChI is InChI=1S/C6H5NO3.Co/c8-4-2-1-3-7-5(4)6(9)10;/h1-3,8H,(H,9,10);. The average molecular weight is 198 g/mol. The minimum Gasteiger partial charge on any atom is -0.505 e. The van der Waals surface area contributed by atoms with Gasteiger partial charge in [-0.2, -0.15) is 0 Å². The van der Waals surface area contributed by atoms with E-state index in [0.717, 1.165) is 0 Å². The molecule has 0 fully saturated rings. The number of carboxylic acids is 1. The van der Waals surface area contributed by atoms with Gasteiger partial charge in [-0.1, -0.05) is 0 Å². The van der Waals surface area contributed by atoms with Crippen molar-refractivity contribution < 1.29 is 31.8 Å². The third-order valence-corrected chi connectivity index (χ3v) is 0.989. The fourth-order valence-corrected chi connectivity index (χ4v) is 0.562. The Labute approximate surface area is 73.1 Å². The molecule has 0 amide bonds. The van der Waals surface area contributed by atoms with Crippen LogP contribution in [0.2, 0.25) is 0 Å². The Bertz CT molecular complexity index is 264. The Balaban J connectivity index is 0.000001000. The van der Waals surface area contributed by atoms with Crippen molar-refractivity contribution in [3.8, 4) is 5.75 Å². The average Bonchev–Trinajstić information content (AvgIpc) is 1.88. The molecule has 5 heteroatoms. The van der Waals surface area contributed by atoms with E-state index in [1.165, 1.54) is 18.3 Å². The van der Waals surface area contributed by atoms with Crippen LogP contribution < -0.4 is 0 Å². The first-order chi connectivity index (χ1) is 4.72. The minimum absolute atomic E-state index is 0. The van der Waals surface area contributed by atoms with Crippen LogP contribution in [0.3, 0.4) is 0 Å². The molecular weight excluding hydrogens is 193 g/mol. The van der Waals surface area contributed by atoms with Crippen molar-refractivity contribution in [1.82, 2.24) is 4.98 Å². The van der Waals surface area contributed by atoms with Crippen molar-refractivity contribution in [2.45, 2.75) is 0 Å². The number of aromatic hydroxyl groups is 1. The third-order valence-electron chi connectivity index (χ3n) is 0.989. The molecule has 1 aromatic rings. The minimum atomic E-state index is -1.22. The maximum atomic E-state index is 10.2. The van der Waals surface area contributed by atoms with Crippen molar-refractivity contribution in [3.05, 3.63) is 24.0 Å². The van der Waals surface area contributed by atoms with Gasteiger partial charge in [0.2, 0.25) is 0 Å². The molecule has 1 radical (unpaired) electrons. The quantitative estimate of drug-likeness (QED) is 0.688. The van der Waals surface area contributed by atoms with Crippen molar-refractivity contribution in [2.24, 2.45) is 0 Å². The molecule has 0 aromatic carbocycles. The molecule has 0 aliphatic carbocycles. The summed E-state index contributed by atoms with van der Waals surface area (Å²) in [5.41, 5.74) is -0.317. The van der Waals surface area contributed by atoms with Gasteiger partial charge >= 0.3 is 5.97 Å². The molecule has 1 rings (SSSR count). The molecule has 0 atom stereocenters. The van der Waals surface area contributed by atoms with E-state index in [2.05, 4.69) is 4.98 Å². The van der Waals surface area contributed by atoms with Gasteiger partial charge in [-0.05, 0) is 12.1 Å². The van der Waals surface area contributed by atoms with Crippen LogP contribution in [-0.2, 0) is 16.8 Å². The van der Waals surface area contributed by atoms with E-state index in [4.69, 9.17) is 10.2 Å². The van der Waals surface area contributed by atoms with Gasteiger partial charge in [-0.15, -0.1) is 0 Å². The number of aromatic nitrogens is 1. The largest absolute Gasteiger partial charge is 0.505 e. The number of nitrogens with zero attached hydrogens (tertiary/aromatic N) is 1. The molecule has 0 spiro atoms. The van der Waals surface area contributed by atoms with Crippen LogP contribution in [-0.4, -0.2) is 21.2 Å². The first-order valence-corrected chi connectivity index (χ1v) is 2.59. The maximum Gasteiger partial charge on any atom is 0.358 e. The molecular formula is C6H5CoNO3. The van der Waals surface area contributed by atoms with E-state index in [1.807, 2.05) is 0 Å². The summed E-state index contributed by atoms with van der Waals surface area (Å²) in [4.78, 5) is 13.6. The molecule has 1 heterocycles. The zero-order chi connectivity index (χ0) is 7.56. The molecule has 11 heavy (non-hydrogen) atoms. The summed E-state index contributed by atoms with van der Waals surface area (Å²) in [7, 11) is 0. The second kappa shape index (κ2) is 3.94. The number of carbonyl (C=O) groups is 1. The first-order valence-electron chi connectivity index (χ1n) is 2.59. The van der Waals surface area contributed by atoms with Crippen LogP contribution in [0.25, 0.3) is 0 Å². The molecule has 0 saturated heterocycles. The Hall–Kier alpha value is -1.07. The number of rotatable bonds is 1. The van der Waals surface area contributed by atoms with Gasteiger partial charge in [0.25, 0.3) is 0 Å². The fraction of sp³-hybridized carbons (Fsp3) is 0. The van der Waals surface area contributed by atoms with Crippen molar-refractivity contribution in [3.63, 3.8) is 0 Å². The van der Waals surface area contributed by atoms with Gasteiger partial charge in [0.1, 0.15) is 5.75 Å². The summed E-state index contributed by atoms with van der Waals surface area (Å²) >= 11 is 0. The van der Waals surface area contributed by atoms with Gasteiger partial charge in [-0.3, -0.25) is 0 Å². The van der Waals surface area contributed by atoms with E-state index < -0.39 is 5.97 Å². The molecule has 0 aliphatic heterocycles.